The molecule has 0 aromatic heterocycles. The number of hydrogen-bond donors (Lipinski definition) is 1. The molecule has 1 aromatic rings. The Morgan fingerprint density at radius 1 is 1.25 bits per heavy atom. The van der Waals surface area contributed by atoms with Crippen molar-refractivity contribution in [3.63, 3.8) is 0 Å². The minimum Gasteiger partial charge on any atom is -0.497 e. The molecule has 1 heterocycles. The lowest BCUT2D eigenvalue weighted by Crippen LogP contribution is -2.54. The van der Waals surface area contributed by atoms with Gasteiger partial charge in [0.1, 0.15) is 17.5 Å². The van der Waals surface area contributed by atoms with Crippen molar-refractivity contribution in [2.75, 3.05) is 27.8 Å². The number of likely N-dealkylation sites (tertiary alicyclic amines) is 1. The summed E-state index contributed by atoms with van der Waals surface area (Å²) in [7, 11) is 4.36. The SMILES string of the molecule is COc1ccc(C(=O)N[C@H]2CC[C@H](C(F)(F)F)N(C)C2)c(OC)c1. The van der Waals surface area contributed by atoms with Crippen LogP contribution < -0.4 is 14.8 Å². The zero-order chi connectivity index (χ0) is 17.9. The summed E-state index contributed by atoms with van der Waals surface area (Å²) < 4.78 is 48.8. The molecule has 0 saturated carbocycles. The summed E-state index contributed by atoms with van der Waals surface area (Å²) >= 11 is 0. The number of methoxy groups -OCH3 is 2. The van der Waals surface area contributed by atoms with E-state index in [1.165, 1.54) is 26.2 Å². The van der Waals surface area contributed by atoms with Crippen molar-refractivity contribution in [3.05, 3.63) is 23.8 Å². The van der Waals surface area contributed by atoms with Gasteiger partial charge in [0.25, 0.3) is 5.91 Å². The number of ether oxygens (including phenoxy) is 2. The Hall–Kier alpha value is -1.96. The van der Waals surface area contributed by atoms with Crippen LogP contribution in [0.1, 0.15) is 23.2 Å². The molecule has 0 unspecified atom stereocenters. The second-order valence-electron chi connectivity index (χ2n) is 5.81. The summed E-state index contributed by atoms with van der Waals surface area (Å²) in [5, 5.41) is 2.78. The van der Waals surface area contributed by atoms with Crippen LogP contribution in [-0.2, 0) is 0 Å². The van der Waals surface area contributed by atoms with Gasteiger partial charge < -0.3 is 14.8 Å². The van der Waals surface area contributed by atoms with Crippen molar-refractivity contribution < 1.29 is 27.4 Å². The highest BCUT2D eigenvalue weighted by atomic mass is 19.4. The maximum atomic E-state index is 12.9. The standard InChI is InChI=1S/C16H21F3N2O3/c1-21-9-10(4-7-14(21)16(17,18)19)20-15(22)12-6-5-11(23-2)8-13(12)24-3/h5-6,8,10,14H,4,7,9H2,1-3H3,(H,20,22)/t10-,14+/m0/s1. The highest BCUT2D eigenvalue weighted by Crippen LogP contribution is 2.31. The van der Waals surface area contributed by atoms with E-state index < -0.39 is 12.2 Å². The molecule has 5 nitrogen and oxygen atoms in total. The van der Waals surface area contributed by atoms with Crippen LogP contribution in [-0.4, -0.2) is 56.9 Å². The number of benzene rings is 1. The lowest BCUT2D eigenvalue weighted by Gasteiger charge is -2.38. The van der Waals surface area contributed by atoms with Gasteiger partial charge in [-0.25, -0.2) is 0 Å². The van der Waals surface area contributed by atoms with Gasteiger partial charge in [0.05, 0.1) is 19.8 Å². The number of nitrogens with one attached hydrogen (secondary N) is 1. The molecular formula is C16H21F3N2O3. The highest BCUT2D eigenvalue weighted by molar-refractivity contribution is 5.97. The number of alkyl halides is 3. The number of hydrogen-bond acceptors (Lipinski definition) is 4. The normalized spacial score (nSPS) is 22.1. The van der Waals surface area contributed by atoms with Crippen molar-refractivity contribution in [2.24, 2.45) is 0 Å². The van der Waals surface area contributed by atoms with Crippen LogP contribution in [0.3, 0.4) is 0 Å². The van der Waals surface area contributed by atoms with Crippen LogP contribution >= 0.6 is 0 Å². The minimum absolute atomic E-state index is 0.0370. The lowest BCUT2D eigenvalue weighted by atomic mass is 9.98. The Balaban J connectivity index is 2.03. The Kier molecular flexibility index (Phi) is 5.58. The molecule has 8 heteroatoms. The quantitative estimate of drug-likeness (QED) is 0.910. The topological polar surface area (TPSA) is 50.8 Å². The number of likely N-dealkylation sites (N-methyl/N-ethyl adjacent to an activating group) is 1. The summed E-state index contributed by atoms with van der Waals surface area (Å²) in [6.45, 7) is 0.147. The molecule has 2 rings (SSSR count). The van der Waals surface area contributed by atoms with Crippen LogP contribution in [0.15, 0.2) is 18.2 Å². The molecule has 0 radical (unpaired) electrons. The van der Waals surface area contributed by atoms with Crippen LogP contribution in [0.2, 0.25) is 0 Å². The van der Waals surface area contributed by atoms with Crippen molar-refractivity contribution in [3.8, 4) is 11.5 Å². The van der Waals surface area contributed by atoms with Gasteiger partial charge in [-0.05, 0) is 32.0 Å². The van der Waals surface area contributed by atoms with Crippen molar-refractivity contribution in [1.29, 1.82) is 0 Å². The average molecular weight is 346 g/mol. The van der Waals surface area contributed by atoms with Gasteiger partial charge in [-0.2, -0.15) is 13.2 Å². The molecule has 1 amide bonds. The first kappa shape index (κ1) is 18.4. The minimum atomic E-state index is -4.25. The number of amides is 1. The number of rotatable bonds is 4. The van der Waals surface area contributed by atoms with Crippen LogP contribution in [0.5, 0.6) is 11.5 Å². The predicted octanol–water partition coefficient (Wildman–Crippen LogP) is 2.46. The molecule has 2 atom stereocenters. The number of carbonyl (C=O) groups is 1. The van der Waals surface area contributed by atoms with Crippen LogP contribution in [0.4, 0.5) is 13.2 Å². The number of piperidine rings is 1. The number of carbonyl (C=O) groups excluding carboxylic acids is 1. The van der Waals surface area contributed by atoms with E-state index in [1.54, 1.807) is 18.2 Å². The Morgan fingerprint density at radius 2 is 1.96 bits per heavy atom. The van der Waals surface area contributed by atoms with Gasteiger partial charge in [-0.15, -0.1) is 0 Å². The van der Waals surface area contributed by atoms with Crippen molar-refractivity contribution in [2.45, 2.75) is 31.1 Å². The van der Waals surface area contributed by atoms with Gasteiger partial charge in [-0.1, -0.05) is 0 Å². The summed E-state index contributed by atoms with van der Waals surface area (Å²) in [5.41, 5.74) is 0.318. The van der Waals surface area contributed by atoms with E-state index in [9.17, 15) is 18.0 Å². The van der Waals surface area contributed by atoms with E-state index in [4.69, 9.17) is 9.47 Å². The molecule has 1 aliphatic rings. The number of nitrogens with zero attached hydrogens (tertiary/aromatic N) is 1. The van der Waals surface area contributed by atoms with E-state index in [0.717, 1.165) is 0 Å². The Bertz CT molecular complexity index is 592. The van der Waals surface area contributed by atoms with E-state index in [-0.39, 0.29) is 31.3 Å². The molecule has 24 heavy (non-hydrogen) atoms. The zero-order valence-corrected chi connectivity index (χ0v) is 13.8. The summed E-state index contributed by atoms with van der Waals surface area (Å²) in [4.78, 5) is 13.6. The zero-order valence-electron chi connectivity index (χ0n) is 13.8. The van der Waals surface area contributed by atoms with E-state index in [0.29, 0.717) is 17.1 Å². The molecule has 1 aliphatic heterocycles. The van der Waals surface area contributed by atoms with Gasteiger partial charge in [0.2, 0.25) is 0 Å². The molecule has 1 saturated heterocycles. The van der Waals surface area contributed by atoms with Gasteiger partial charge in [-0.3, -0.25) is 9.69 Å². The summed E-state index contributed by atoms with van der Waals surface area (Å²) in [6.07, 6.45) is -4.01. The second kappa shape index (κ2) is 7.29. The monoisotopic (exact) mass is 346 g/mol. The predicted molar refractivity (Wildman–Crippen MR) is 82.5 cm³/mol. The number of halogens is 3. The van der Waals surface area contributed by atoms with E-state index in [1.807, 2.05) is 0 Å². The first-order valence-corrected chi connectivity index (χ1v) is 7.56. The Morgan fingerprint density at radius 3 is 2.50 bits per heavy atom. The van der Waals surface area contributed by atoms with Gasteiger partial charge >= 0.3 is 6.18 Å². The van der Waals surface area contributed by atoms with Crippen LogP contribution in [0, 0.1) is 0 Å². The second-order valence-corrected chi connectivity index (χ2v) is 5.81. The third-order valence-electron chi connectivity index (χ3n) is 4.20. The fraction of sp³-hybridized carbons (Fsp3) is 0.562. The first-order chi connectivity index (χ1) is 11.3. The molecule has 134 valence electrons. The summed E-state index contributed by atoms with van der Waals surface area (Å²) in [5.74, 6) is 0.524. The fourth-order valence-corrected chi connectivity index (χ4v) is 2.93. The Labute approximate surface area is 138 Å². The third-order valence-corrected chi connectivity index (χ3v) is 4.20. The van der Waals surface area contributed by atoms with E-state index in [2.05, 4.69) is 5.32 Å². The molecule has 1 fully saturated rings. The van der Waals surface area contributed by atoms with Crippen LogP contribution in [0.25, 0.3) is 0 Å². The fourth-order valence-electron chi connectivity index (χ4n) is 2.93. The largest absolute Gasteiger partial charge is 0.497 e. The van der Waals surface area contributed by atoms with Gasteiger partial charge in [0, 0.05) is 18.7 Å². The molecule has 0 aliphatic carbocycles. The third kappa shape index (κ3) is 4.11. The summed E-state index contributed by atoms with van der Waals surface area (Å²) in [6, 6.07) is 2.98. The molecule has 0 bridgehead atoms. The van der Waals surface area contributed by atoms with Gasteiger partial charge in [0.15, 0.2) is 0 Å². The van der Waals surface area contributed by atoms with Crippen molar-refractivity contribution in [1.82, 2.24) is 10.2 Å². The highest BCUT2D eigenvalue weighted by Gasteiger charge is 2.44. The van der Waals surface area contributed by atoms with E-state index >= 15 is 0 Å². The average Bonchev–Trinajstić information content (AvgIpc) is 2.52. The molecular weight excluding hydrogens is 325 g/mol. The molecule has 1 aromatic carbocycles. The molecule has 0 spiro atoms. The smallest absolute Gasteiger partial charge is 0.404 e. The first-order valence-electron chi connectivity index (χ1n) is 7.56. The maximum absolute atomic E-state index is 12.9. The maximum Gasteiger partial charge on any atom is 0.404 e. The lowest BCUT2D eigenvalue weighted by molar-refractivity contribution is -0.188. The molecule has 1 N–H and O–H groups in total. The van der Waals surface area contributed by atoms with Crippen molar-refractivity contribution >= 4 is 5.91 Å².